The summed E-state index contributed by atoms with van der Waals surface area (Å²) in [7, 11) is 0. The number of rotatable bonds is 7. The first kappa shape index (κ1) is 24.8. The fourth-order valence-corrected chi connectivity index (χ4v) is 4.30. The van der Waals surface area contributed by atoms with E-state index in [4.69, 9.17) is 5.26 Å². The highest BCUT2D eigenvalue weighted by Crippen LogP contribution is 2.29. The molecule has 0 aliphatic carbocycles. The number of amides is 3. The van der Waals surface area contributed by atoms with Gasteiger partial charge in [-0.3, -0.25) is 4.79 Å². The van der Waals surface area contributed by atoms with Crippen LogP contribution in [0.1, 0.15) is 41.3 Å². The van der Waals surface area contributed by atoms with E-state index in [-0.39, 0.29) is 5.91 Å². The number of nitrogens with zero attached hydrogens (tertiary/aromatic N) is 2. The molecule has 0 atom stereocenters. The maximum absolute atomic E-state index is 13.3. The molecule has 3 aromatic carbocycles. The van der Waals surface area contributed by atoms with Crippen molar-refractivity contribution < 1.29 is 9.59 Å². The second-order valence-corrected chi connectivity index (χ2v) is 9.16. The number of nitrogens with one attached hydrogen (secondary N) is 3. The van der Waals surface area contributed by atoms with Crippen molar-refractivity contribution in [1.82, 2.24) is 5.32 Å². The molecule has 3 amide bonds. The van der Waals surface area contributed by atoms with E-state index < -0.39 is 6.03 Å². The average Bonchev–Trinajstić information content (AvgIpc) is 2.90. The molecule has 1 aliphatic rings. The molecule has 0 spiro atoms. The first-order chi connectivity index (χ1) is 17.5. The molecule has 184 valence electrons. The van der Waals surface area contributed by atoms with Crippen LogP contribution in [0.3, 0.4) is 0 Å². The lowest BCUT2D eigenvalue weighted by atomic mass is 9.97. The Bertz CT molecular complexity index is 1230. The van der Waals surface area contributed by atoms with Gasteiger partial charge >= 0.3 is 6.03 Å². The summed E-state index contributed by atoms with van der Waals surface area (Å²) in [5.74, 6) is 0.520. The maximum Gasteiger partial charge on any atom is 0.323 e. The summed E-state index contributed by atoms with van der Waals surface area (Å²) < 4.78 is 0. The number of nitriles is 1. The van der Waals surface area contributed by atoms with Crippen molar-refractivity contribution in [2.45, 2.75) is 26.2 Å². The number of benzene rings is 3. The van der Waals surface area contributed by atoms with Gasteiger partial charge in [0.05, 0.1) is 17.2 Å². The third-order valence-electron chi connectivity index (χ3n) is 6.44. The fraction of sp³-hybridized carbons (Fsp3) is 0.276. The number of carbonyl (C=O) groups excluding carboxylic acids is 2. The Kier molecular flexibility index (Phi) is 8.20. The van der Waals surface area contributed by atoms with Crippen molar-refractivity contribution in [3.05, 3.63) is 89.5 Å². The maximum atomic E-state index is 13.3. The van der Waals surface area contributed by atoms with Crippen LogP contribution >= 0.6 is 0 Å². The summed E-state index contributed by atoms with van der Waals surface area (Å²) in [5.41, 5.74) is 4.23. The molecule has 4 rings (SSSR count). The van der Waals surface area contributed by atoms with Crippen LogP contribution < -0.4 is 20.9 Å². The second kappa shape index (κ2) is 11.9. The van der Waals surface area contributed by atoms with Crippen molar-refractivity contribution >= 4 is 29.0 Å². The molecule has 1 fully saturated rings. The molecule has 3 N–H and O–H groups in total. The number of hydrogen-bond acceptors (Lipinski definition) is 4. The summed E-state index contributed by atoms with van der Waals surface area (Å²) >= 11 is 0. The summed E-state index contributed by atoms with van der Waals surface area (Å²) in [5, 5.41) is 17.6. The van der Waals surface area contributed by atoms with E-state index in [9.17, 15) is 9.59 Å². The highest BCUT2D eigenvalue weighted by molar-refractivity contribution is 6.04. The molecular formula is C29H31N5O2. The van der Waals surface area contributed by atoms with E-state index in [0.29, 0.717) is 35.0 Å². The smallest absolute Gasteiger partial charge is 0.323 e. The molecule has 0 unspecified atom stereocenters. The number of hydrogen-bond donors (Lipinski definition) is 3. The van der Waals surface area contributed by atoms with Crippen LogP contribution in [-0.4, -0.2) is 31.6 Å². The molecule has 7 heteroatoms. The Morgan fingerprint density at radius 2 is 1.61 bits per heavy atom. The lowest BCUT2D eigenvalue weighted by Gasteiger charge is -2.33. The molecule has 0 aromatic heterocycles. The van der Waals surface area contributed by atoms with Gasteiger partial charge in [-0.25, -0.2) is 4.79 Å². The number of urea groups is 1. The van der Waals surface area contributed by atoms with Gasteiger partial charge in [0.15, 0.2) is 0 Å². The van der Waals surface area contributed by atoms with Gasteiger partial charge in [0, 0.05) is 36.7 Å². The summed E-state index contributed by atoms with van der Waals surface area (Å²) in [6.07, 6.45) is 2.91. The van der Waals surface area contributed by atoms with Gasteiger partial charge in [-0.2, -0.15) is 5.26 Å². The highest BCUT2D eigenvalue weighted by atomic mass is 16.2. The first-order valence-corrected chi connectivity index (χ1v) is 12.3. The highest BCUT2D eigenvalue weighted by Gasteiger charge is 2.22. The molecule has 36 heavy (non-hydrogen) atoms. The quantitative estimate of drug-likeness (QED) is 0.420. The van der Waals surface area contributed by atoms with Crippen LogP contribution in [-0.2, 0) is 6.42 Å². The first-order valence-electron chi connectivity index (χ1n) is 12.3. The van der Waals surface area contributed by atoms with Gasteiger partial charge in [0.25, 0.3) is 5.91 Å². The third-order valence-corrected chi connectivity index (χ3v) is 6.44. The van der Waals surface area contributed by atoms with E-state index >= 15 is 0 Å². The van der Waals surface area contributed by atoms with E-state index in [1.165, 1.54) is 0 Å². The summed E-state index contributed by atoms with van der Waals surface area (Å²) in [4.78, 5) is 28.1. The van der Waals surface area contributed by atoms with E-state index in [2.05, 4.69) is 33.8 Å². The van der Waals surface area contributed by atoms with Crippen molar-refractivity contribution in [3.63, 3.8) is 0 Å². The number of carbonyl (C=O) groups is 2. The minimum atomic E-state index is -0.422. The van der Waals surface area contributed by atoms with Gasteiger partial charge in [0.2, 0.25) is 0 Å². The number of piperidine rings is 1. The molecule has 7 nitrogen and oxygen atoms in total. The Morgan fingerprint density at radius 3 is 2.31 bits per heavy atom. The SMILES string of the molecule is CC1CCN(c2ccc(NC(=O)Nc3ccc(C#N)cc3)cc2C(=O)NCCc2ccccc2)CC1. The molecule has 0 radical (unpaired) electrons. The Labute approximate surface area is 212 Å². The van der Waals surface area contributed by atoms with E-state index in [0.717, 1.165) is 43.6 Å². The molecular weight excluding hydrogens is 450 g/mol. The van der Waals surface area contributed by atoms with Gasteiger partial charge in [0.1, 0.15) is 0 Å². The zero-order valence-electron chi connectivity index (χ0n) is 20.5. The van der Waals surface area contributed by atoms with Gasteiger partial charge in [-0.15, -0.1) is 0 Å². The summed E-state index contributed by atoms with van der Waals surface area (Å²) in [6.45, 7) is 4.58. The Balaban J connectivity index is 1.47. The molecule has 1 saturated heterocycles. The zero-order valence-corrected chi connectivity index (χ0v) is 20.5. The fourth-order valence-electron chi connectivity index (χ4n) is 4.30. The second-order valence-electron chi connectivity index (χ2n) is 9.16. The van der Waals surface area contributed by atoms with E-state index in [1.54, 1.807) is 30.3 Å². The predicted octanol–water partition coefficient (Wildman–Crippen LogP) is 5.41. The number of anilines is 3. The van der Waals surface area contributed by atoms with Crippen LogP contribution in [0.4, 0.5) is 21.9 Å². The summed E-state index contributed by atoms with van der Waals surface area (Å²) in [6, 6.07) is 23.8. The molecule has 3 aromatic rings. The Morgan fingerprint density at radius 1 is 0.944 bits per heavy atom. The lowest BCUT2D eigenvalue weighted by Crippen LogP contribution is -2.35. The topological polar surface area (TPSA) is 97.3 Å². The monoisotopic (exact) mass is 481 g/mol. The largest absolute Gasteiger partial charge is 0.371 e. The van der Waals surface area contributed by atoms with Crippen molar-refractivity contribution in [2.24, 2.45) is 5.92 Å². The van der Waals surface area contributed by atoms with Crippen LogP contribution in [0.5, 0.6) is 0 Å². The lowest BCUT2D eigenvalue weighted by molar-refractivity contribution is 0.0954. The van der Waals surface area contributed by atoms with Gasteiger partial charge in [-0.1, -0.05) is 37.3 Å². The van der Waals surface area contributed by atoms with Crippen molar-refractivity contribution in [1.29, 1.82) is 5.26 Å². The van der Waals surface area contributed by atoms with Gasteiger partial charge < -0.3 is 20.9 Å². The molecule has 0 saturated carbocycles. The van der Waals surface area contributed by atoms with Gasteiger partial charge in [-0.05, 0) is 73.2 Å². The minimum absolute atomic E-state index is 0.157. The molecule has 1 aliphatic heterocycles. The molecule has 0 bridgehead atoms. The Hall–Kier alpha value is -4.31. The molecule has 1 heterocycles. The standard InChI is InChI=1S/C29H31N5O2/c1-21-14-17-34(18-15-21)27-12-11-25(33-29(36)32-24-9-7-23(20-30)8-10-24)19-26(27)28(35)31-16-13-22-5-3-2-4-6-22/h2-12,19,21H,13-18H2,1H3,(H,31,35)(H2,32,33,36). The van der Waals surface area contributed by atoms with Crippen molar-refractivity contribution in [2.75, 3.05) is 35.2 Å². The van der Waals surface area contributed by atoms with Crippen LogP contribution in [0, 0.1) is 17.2 Å². The minimum Gasteiger partial charge on any atom is -0.371 e. The van der Waals surface area contributed by atoms with Crippen molar-refractivity contribution in [3.8, 4) is 6.07 Å². The normalized spacial score (nSPS) is 13.5. The zero-order chi connectivity index (χ0) is 25.3. The van der Waals surface area contributed by atoms with Crippen LogP contribution in [0.25, 0.3) is 0 Å². The third kappa shape index (κ3) is 6.63. The van der Waals surface area contributed by atoms with Crippen LogP contribution in [0.2, 0.25) is 0 Å². The predicted molar refractivity (Wildman–Crippen MR) is 143 cm³/mol. The average molecular weight is 482 g/mol. The van der Waals surface area contributed by atoms with E-state index in [1.807, 2.05) is 42.5 Å². The van der Waals surface area contributed by atoms with Crippen LogP contribution in [0.15, 0.2) is 72.8 Å².